The Morgan fingerprint density at radius 3 is 2.50 bits per heavy atom. The second-order valence-electron chi connectivity index (χ2n) is 3.62. The summed E-state index contributed by atoms with van der Waals surface area (Å²) in [7, 11) is 0. The lowest BCUT2D eigenvalue weighted by atomic mass is 9.84. The number of aliphatic hydroxyl groups is 1. The van der Waals surface area contributed by atoms with E-state index in [1.807, 2.05) is 0 Å². The fourth-order valence-corrected chi connectivity index (χ4v) is 1.82. The van der Waals surface area contributed by atoms with Crippen LogP contribution >= 0.6 is 0 Å². The van der Waals surface area contributed by atoms with Crippen LogP contribution in [-0.4, -0.2) is 28.4 Å². The average molecular weight is 218 g/mol. The number of carbonyl (C=O) groups excluding carboxylic acids is 2. The maximum absolute atomic E-state index is 11.9. The fraction of sp³-hybridized carbons (Fsp3) is 0.167. The minimum Gasteiger partial charge on any atom is -0.507 e. The Hall–Kier alpha value is -1.94. The largest absolute Gasteiger partial charge is 0.507 e. The molecule has 2 rings (SSSR count). The number of carbonyl (C=O) groups is 2. The highest BCUT2D eigenvalue weighted by Crippen LogP contribution is 2.31. The summed E-state index contributed by atoms with van der Waals surface area (Å²) in [4.78, 5) is 23.7. The summed E-state index contributed by atoms with van der Waals surface area (Å²) in [5.74, 6) is -1.03. The van der Waals surface area contributed by atoms with Crippen LogP contribution < -0.4 is 0 Å². The number of phenols is 1. The molecule has 0 spiro atoms. The van der Waals surface area contributed by atoms with Crippen LogP contribution in [0.3, 0.4) is 0 Å². The smallest absolute Gasteiger partial charge is 0.196 e. The van der Waals surface area contributed by atoms with Gasteiger partial charge in [-0.3, -0.25) is 9.59 Å². The number of phenolic OH excluding ortho intramolecular Hbond substituents is 1. The molecule has 0 aromatic heterocycles. The zero-order valence-electron chi connectivity index (χ0n) is 8.65. The Labute approximate surface area is 91.8 Å². The van der Waals surface area contributed by atoms with E-state index in [0.29, 0.717) is 0 Å². The average Bonchev–Trinajstić information content (AvgIpc) is 2.26. The Bertz CT molecular complexity index is 526. The van der Waals surface area contributed by atoms with Gasteiger partial charge in [0.05, 0.1) is 12.2 Å². The predicted octanol–water partition coefficient (Wildman–Crippen LogP) is 1.08. The molecule has 2 N–H and O–H groups in total. The van der Waals surface area contributed by atoms with Crippen molar-refractivity contribution in [3.63, 3.8) is 0 Å². The highest BCUT2D eigenvalue weighted by Gasteiger charge is 2.31. The summed E-state index contributed by atoms with van der Waals surface area (Å²) in [6.07, 6.45) is 0. The molecule has 1 aromatic rings. The number of fused-ring (bicyclic) bond motifs is 1. The molecule has 4 nitrogen and oxygen atoms in total. The Morgan fingerprint density at radius 1 is 1.19 bits per heavy atom. The van der Waals surface area contributed by atoms with Crippen LogP contribution in [0, 0.1) is 0 Å². The monoisotopic (exact) mass is 218 g/mol. The van der Waals surface area contributed by atoms with E-state index in [-0.39, 0.29) is 33.8 Å². The van der Waals surface area contributed by atoms with E-state index >= 15 is 0 Å². The van der Waals surface area contributed by atoms with Crippen molar-refractivity contribution in [3.8, 4) is 5.75 Å². The van der Waals surface area contributed by atoms with Gasteiger partial charge in [-0.25, -0.2) is 0 Å². The van der Waals surface area contributed by atoms with Crippen molar-refractivity contribution < 1.29 is 19.8 Å². The standard InChI is InChI=1S/C12H10O4/c1-6-8(5-13)12(16)10-7(11(6)15)3-2-4-9(10)14/h2-4,13-14H,5H2,1H3. The molecule has 82 valence electrons. The number of hydrogen-bond donors (Lipinski definition) is 2. The SMILES string of the molecule is CC1=C(CO)C(=O)c2c(O)cccc2C1=O. The van der Waals surface area contributed by atoms with E-state index in [1.54, 1.807) is 0 Å². The molecule has 0 fully saturated rings. The molecule has 0 aliphatic heterocycles. The molecular weight excluding hydrogens is 208 g/mol. The number of Topliss-reactive ketones (excluding diaryl/α,β-unsaturated/α-hetero) is 2. The molecule has 0 saturated carbocycles. The summed E-state index contributed by atoms with van der Waals surface area (Å²) in [5, 5.41) is 18.6. The van der Waals surface area contributed by atoms with E-state index in [9.17, 15) is 14.7 Å². The second kappa shape index (κ2) is 3.57. The van der Waals surface area contributed by atoms with Gasteiger partial charge in [0, 0.05) is 16.7 Å². The summed E-state index contributed by atoms with van der Waals surface area (Å²) in [6, 6.07) is 4.35. The van der Waals surface area contributed by atoms with Crippen LogP contribution in [0.2, 0.25) is 0 Å². The van der Waals surface area contributed by atoms with Crippen molar-refractivity contribution in [2.75, 3.05) is 6.61 Å². The van der Waals surface area contributed by atoms with Gasteiger partial charge in [0.15, 0.2) is 11.6 Å². The zero-order valence-corrected chi connectivity index (χ0v) is 8.65. The lowest BCUT2D eigenvalue weighted by molar-refractivity contribution is 0.0960. The molecule has 0 unspecified atom stereocenters. The third-order valence-corrected chi connectivity index (χ3v) is 2.74. The molecule has 0 amide bonds. The third kappa shape index (κ3) is 1.27. The Morgan fingerprint density at radius 2 is 1.88 bits per heavy atom. The van der Waals surface area contributed by atoms with Gasteiger partial charge in [-0.1, -0.05) is 12.1 Å². The van der Waals surface area contributed by atoms with E-state index in [1.165, 1.54) is 25.1 Å². The maximum atomic E-state index is 11.9. The van der Waals surface area contributed by atoms with Gasteiger partial charge in [-0.15, -0.1) is 0 Å². The summed E-state index contributed by atoms with van der Waals surface area (Å²) in [5.41, 5.74) is 0.478. The van der Waals surface area contributed by atoms with Crippen LogP contribution in [0.5, 0.6) is 5.75 Å². The first-order valence-electron chi connectivity index (χ1n) is 4.80. The highest BCUT2D eigenvalue weighted by atomic mass is 16.3. The van der Waals surface area contributed by atoms with Gasteiger partial charge in [-0.2, -0.15) is 0 Å². The second-order valence-corrected chi connectivity index (χ2v) is 3.62. The number of hydrogen-bond acceptors (Lipinski definition) is 4. The lowest BCUT2D eigenvalue weighted by Gasteiger charge is -2.18. The summed E-state index contributed by atoms with van der Waals surface area (Å²) >= 11 is 0. The topological polar surface area (TPSA) is 74.6 Å². The van der Waals surface area contributed by atoms with E-state index in [4.69, 9.17) is 5.11 Å². The van der Waals surface area contributed by atoms with Crippen LogP contribution in [0.25, 0.3) is 0 Å². The first-order chi connectivity index (χ1) is 7.57. The van der Waals surface area contributed by atoms with Crippen LogP contribution in [0.15, 0.2) is 29.3 Å². The number of allylic oxidation sites excluding steroid dienone is 1. The molecule has 0 bridgehead atoms. The number of aliphatic hydroxyl groups excluding tert-OH is 1. The minimum absolute atomic E-state index is 0.0119. The molecular formula is C12H10O4. The van der Waals surface area contributed by atoms with Crippen LogP contribution in [0.4, 0.5) is 0 Å². The van der Waals surface area contributed by atoms with Crippen molar-refractivity contribution >= 4 is 11.6 Å². The van der Waals surface area contributed by atoms with Gasteiger partial charge >= 0.3 is 0 Å². The first kappa shape index (κ1) is 10.6. The van der Waals surface area contributed by atoms with Crippen molar-refractivity contribution in [2.45, 2.75) is 6.92 Å². The molecule has 0 heterocycles. The van der Waals surface area contributed by atoms with Crippen molar-refractivity contribution in [2.24, 2.45) is 0 Å². The normalized spacial score (nSPS) is 15.4. The van der Waals surface area contributed by atoms with Gasteiger partial charge in [0.2, 0.25) is 0 Å². The molecule has 1 aromatic carbocycles. The molecule has 0 radical (unpaired) electrons. The lowest BCUT2D eigenvalue weighted by Crippen LogP contribution is -2.22. The van der Waals surface area contributed by atoms with E-state index < -0.39 is 12.4 Å². The number of aromatic hydroxyl groups is 1. The van der Waals surface area contributed by atoms with E-state index in [0.717, 1.165) is 0 Å². The highest BCUT2D eigenvalue weighted by molar-refractivity contribution is 6.27. The predicted molar refractivity (Wildman–Crippen MR) is 56.6 cm³/mol. The van der Waals surface area contributed by atoms with E-state index in [2.05, 4.69) is 0 Å². The quantitative estimate of drug-likeness (QED) is 0.739. The van der Waals surface area contributed by atoms with Gasteiger partial charge in [0.25, 0.3) is 0 Å². The van der Waals surface area contributed by atoms with Crippen molar-refractivity contribution in [1.29, 1.82) is 0 Å². The summed E-state index contributed by atoms with van der Waals surface area (Å²) < 4.78 is 0. The first-order valence-corrected chi connectivity index (χ1v) is 4.80. The molecule has 1 aliphatic carbocycles. The molecule has 4 heteroatoms. The Balaban J connectivity index is 2.75. The van der Waals surface area contributed by atoms with Gasteiger partial charge < -0.3 is 10.2 Å². The number of rotatable bonds is 1. The third-order valence-electron chi connectivity index (χ3n) is 2.74. The molecule has 0 saturated heterocycles. The van der Waals surface area contributed by atoms with Crippen molar-refractivity contribution in [1.82, 2.24) is 0 Å². The minimum atomic E-state index is -0.496. The zero-order chi connectivity index (χ0) is 11.9. The molecule has 0 atom stereocenters. The number of ketones is 2. The van der Waals surface area contributed by atoms with Crippen LogP contribution in [-0.2, 0) is 0 Å². The fourth-order valence-electron chi connectivity index (χ4n) is 1.82. The molecule has 16 heavy (non-hydrogen) atoms. The Kier molecular flexibility index (Phi) is 2.36. The van der Waals surface area contributed by atoms with Gasteiger partial charge in [-0.05, 0) is 13.0 Å². The number of benzene rings is 1. The molecule has 1 aliphatic rings. The van der Waals surface area contributed by atoms with Crippen molar-refractivity contribution in [3.05, 3.63) is 40.5 Å². The maximum Gasteiger partial charge on any atom is 0.196 e. The van der Waals surface area contributed by atoms with Gasteiger partial charge in [0.1, 0.15) is 5.75 Å². The summed E-state index contributed by atoms with van der Waals surface area (Å²) in [6.45, 7) is 1.00. The van der Waals surface area contributed by atoms with Crippen LogP contribution in [0.1, 0.15) is 27.6 Å².